The van der Waals surface area contributed by atoms with Gasteiger partial charge in [-0.2, -0.15) is 18.2 Å². The number of anilines is 4. The number of pyridine rings is 1. The van der Waals surface area contributed by atoms with E-state index in [2.05, 4.69) is 15.7 Å². The van der Waals surface area contributed by atoms with Crippen molar-refractivity contribution in [3.05, 3.63) is 153 Å². The number of nitrogens with one attached hydrogen (secondary N) is 2. The van der Waals surface area contributed by atoms with E-state index in [4.69, 9.17) is 34.8 Å². The van der Waals surface area contributed by atoms with Gasteiger partial charge in [-0.1, -0.05) is 76.8 Å². The molecule has 9 rings (SSSR count). The Morgan fingerprint density at radius 1 is 0.783 bits per heavy atom. The summed E-state index contributed by atoms with van der Waals surface area (Å²) in [6.07, 6.45) is -2.42. The van der Waals surface area contributed by atoms with Crippen molar-refractivity contribution < 1.29 is 37.5 Å². The van der Waals surface area contributed by atoms with Crippen LogP contribution < -0.4 is 15.6 Å². The number of alkyl halides is 3. The number of imide groups is 2. The van der Waals surface area contributed by atoms with Crippen LogP contribution in [-0.4, -0.2) is 38.7 Å². The first kappa shape index (κ1) is 39.6. The Morgan fingerprint density at radius 3 is 2.15 bits per heavy atom. The first-order chi connectivity index (χ1) is 28.7. The van der Waals surface area contributed by atoms with Gasteiger partial charge in [0.05, 0.1) is 39.4 Å². The van der Waals surface area contributed by atoms with Gasteiger partial charge in [0.15, 0.2) is 5.82 Å². The number of rotatable bonds is 7. The second-order valence-corrected chi connectivity index (χ2v) is 16.5. The molecule has 4 aromatic carbocycles. The number of halogens is 6. The molecule has 3 fully saturated rings. The van der Waals surface area contributed by atoms with E-state index in [1.807, 2.05) is 36.4 Å². The number of phenolic OH excluding ortho intramolecular Hbond substituents is 1. The summed E-state index contributed by atoms with van der Waals surface area (Å²) >= 11 is 19.2. The number of hydrazine groups is 1. The second-order valence-electron chi connectivity index (χ2n) is 15.2. The number of aromatic hydroxyl groups is 1. The van der Waals surface area contributed by atoms with Crippen LogP contribution in [-0.2, 0) is 30.8 Å². The third kappa shape index (κ3) is 6.29. The number of hydrogen-bond donors (Lipinski definition) is 3. The Balaban J connectivity index is 1.16. The minimum atomic E-state index is -4.77. The number of nitrogens with zero attached hydrogens (tertiary/aromatic N) is 3. The quantitative estimate of drug-likeness (QED) is 0.109. The number of carbonyl (C=O) groups is 4. The summed E-state index contributed by atoms with van der Waals surface area (Å²) in [5.41, 5.74) is 2.60. The third-order valence-electron chi connectivity index (χ3n) is 12.0. The Kier molecular flexibility index (Phi) is 9.68. The van der Waals surface area contributed by atoms with Crippen LogP contribution >= 0.6 is 34.8 Å². The minimum absolute atomic E-state index is 0.100. The standard InChI is InChI=1S/C44H31Cl3F3N5O5/c45-24-8-6-22(7-9-24)43-33(40(58)55(42(43)60)53-38-34(47)18-23(21-51-38)44(48,49)50)20-31-29(37(43)32-19-25(46)10-17-35(32)56)15-16-30-36(31)41(59)54(39(30)57)28-13-11-27(12-14-28)52-26-4-2-1-3-5-26/h1-15,17-19,21,30-31,33,36-37,52,56H,16,20H2,(H,51,53). The van der Waals surface area contributed by atoms with Crippen LogP contribution in [0.4, 0.5) is 36.1 Å². The molecular weight excluding hydrogens is 842 g/mol. The fourth-order valence-electron chi connectivity index (χ4n) is 9.52. The minimum Gasteiger partial charge on any atom is -0.508 e. The highest BCUT2D eigenvalue weighted by atomic mass is 35.5. The maximum atomic E-state index is 15.4. The molecule has 4 aliphatic rings. The molecule has 1 saturated carbocycles. The van der Waals surface area contributed by atoms with Crippen molar-refractivity contribution in [1.82, 2.24) is 9.99 Å². The highest BCUT2D eigenvalue weighted by Gasteiger charge is 2.70. The molecule has 1 aromatic heterocycles. The Morgan fingerprint density at radius 2 is 1.47 bits per heavy atom. The van der Waals surface area contributed by atoms with Gasteiger partial charge in [0.2, 0.25) is 11.8 Å². The predicted octanol–water partition coefficient (Wildman–Crippen LogP) is 9.70. The van der Waals surface area contributed by atoms with Crippen LogP contribution in [0, 0.1) is 23.7 Å². The molecule has 60 heavy (non-hydrogen) atoms. The van der Waals surface area contributed by atoms with E-state index in [1.54, 1.807) is 48.5 Å². The molecule has 2 saturated heterocycles. The van der Waals surface area contributed by atoms with Gasteiger partial charge >= 0.3 is 6.18 Å². The number of amides is 4. The number of allylic oxidation sites excluding steroid dienone is 2. The monoisotopic (exact) mass is 871 g/mol. The van der Waals surface area contributed by atoms with Crippen LogP contribution in [0.15, 0.2) is 121 Å². The molecule has 3 heterocycles. The number of carbonyl (C=O) groups excluding carboxylic acids is 4. The maximum Gasteiger partial charge on any atom is 0.417 e. The lowest BCUT2D eigenvalue weighted by molar-refractivity contribution is -0.139. The topological polar surface area (TPSA) is 132 Å². The number of aromatic nitrogens is 1. The molecular formula is C44H31Cl3F3N5O5. The second kappa shape index (κ2) is 14.7. The first-order valence-electron chi connectivity index (χ1n) is 18.8. The molecule has 6 unspecified atom stereocenters. The van der Waals surface area contributed by atoms with Crippen LogP contribution in [0.1, 0.15) is 35.4 Å². The zero-order chi connectivity index (χ0) is 42.2. The van der Waals surface area contributed by atoms with E-state index in [0.29, 0.717) is 39.1 Å². The van der Waals surface area contributed by atoms with Gasteiger partial charge in [-0.3, -0.25) is 29.5 Å². The summed E-state index contributed by atoms with van der Waals surface area (Å²) in [5.74, 6) is -8.14. The lowest BCUT2D eigenvalue weighted by Gasteiger charge is -2.50. The van der Waals surface area contributed by atoms with E-state index in [0.717, 1.165) is 11.4 Å². The molecule has 2 aliphatic heterocycles. The smallest absolute Gasteiger partial charge is 0.417 e. The van der Waals surface area contributed by atoms with Gasteiger partial charge < -0.3 is 10.4 Å². The molecule has 16 heteroatoms. The van der Waals surface area contributed by atoms with Crippen molar-refractivity contribution >= 4 is 81.3 Å². The van der Waals surface area contributed by atoms with Gasteiger partial charge in [-0.25, -0.2) is 4.98 Å². The van der Waals surface area contributed by atoms with E-state index in [9.17, 15) is 32.7 Å². The van der Waals surface area contributed by atoms with Gasteiger partial charge in [0.25, 0.3) is 11.8 Å². The van der Waals surface area contributed by atoms with Gasteiger partial charge in [0, 0.05) is 39.1 Å². The first-order valence-corrected chi connectivity index (χ1v) is 19.9. The van der Waals surface area contributed by atoms with Gasteiger partial charge in [-0.05, 0) is 97.1 Å². The molecule has 0 bridgehead atoms. The molecule has 6 atom stereocenters. The number of hydrogen-bond acceptors (Lipinski definition) is 8. The van der Waals surface area contributed by atoms with Crippen LogP contribution in [0.2, 0.25) is 15.1 Å². The summed E-state index contributed by atoms with van der Waals surface area (Å²) in [6.45, 7) is 0. The average molecular weight is 873 g/mol. The third-order valence-corrected chi connectivity index (χ3v) is 12.8. The van der Waals surface area contributed by atoms with Crippen molar-refractivity contribution in [1.29, 1.82) is 0 Å². The normalized spacial score (nSPS) is 24.8. The number of fused-ring (bicyclic) bond motifs is 4. The summed E-state index contributed by atoms with van der Waals surface area (Å²) < 4.78 is 40.6. The largest absolute Gasteiger partial charge is 0.508 e. The SMILES string of the molecule is O=C1C2CC3C(=CCC4C(=O)N(c5ccc(Nc6ccccc6)cc5)C(=O)C43)C(c3cc(Cl)ccc3O)C2(c2ccc(Cl)cc2)C(=O)N1Nc1ncc(C(F)(F)F)cc1Cl. The van der Waals surface area contributed by atoms with Crippen molar-refractivity contribution in [2.45, 2.75) is 30.4 Å². The van der Waals surface area contributed by atoms with Crippen LogP contribution in [0.3, 0.4) is 0 Å². The van der Waals surface area contributed by atoms with Crippen molar-refractivity contribution in [2.24, 2.45) is 23.7 Å². The Labute approximate surface area is 355 Å². The number of benzene rings is 4. The van der Waals surface area contributed by atoms with E-state index < -0.39 is 81.2 Å². The van der Waals surface area contributed by atoms with Crippen molar-refractivity contribution in [2.75, 3.05) is 15.6 Å². The molecule has 5 aromatic rings. The Hall–Kier alpha value is -5.89. The molecule has 0 spiro atoms. The van der Waals surface area contributed by atoms with Gasteiger partial charge in [0.1, 0.15) is 5.75 Å². The molecule has 2 aliphatic carbocycles. The van der Waals surface area contributed by atoms with Gasteiger partial charge in [-0.15, -0.1) is 0 Å². The van der Waals surface area contributed by atoms with E-state index in [1.165, 1.54) is 23.1 Å². The number of para-hydroxylation sites is 1. The fraction of sp³-hybridized carbons (Fsp3) is 0.205. The average Bonchev–Trinajstić information content (AvgIpc) is 3.60. The van der Waals surface area contributed by atoms with E-state index in [-0.39, 0.29) is 29.2 Å². The maximum absolute atomic E-state index is 15.4. The molecule has 304 valence electrons. The lowest BCUT2D eigenvalue weighted by atomic mass is 9.49. The van der Waals surface area contributed by atoms with E-state index >= 15 is 4.79 Å². The highest BCUT2D eigenvalue weighted by Crippen LogP contribution is 2.65. The molecule has 10 nitrogen and oxygen atoms in total. The fourth-order valence-corrected chi connectivity index (χ4v) is 10.0. The van der Waals surface area contributed by atoms with Crippen LogP contribution in [0.5, 0.6) is 5.75 Å². The summed E-state index contributed by atoms with van der Waals surface area (Å²) in [4.78, 5) is 64.2. The summed E-state index contributed by atoms with van der Waals surface area (Å²) in [6, 6.07) is 27.6. The zero-order valence-electron chi connectivity index (χ0n) is 31.0. The zero-order valence-corrected chi connectivity index (χ0v) is 33.2. The highest BCUT2D eigenvalue weighted by molar-refractivity contribution is 6.33. The van der Waals surface area contributed by atoms with Crippen molar-refractivity contribution in [3.63, 3.8) is 0 Å². The molecule has 4 amide bonds. The van der Waals surface area contributed by atoms with Crippen LogP contribution in [0.25, 0.3) is 0 Å². The number of phenols is 1. The summed E-state index contributed by atoms with van der Waals surface area (Å²) in [7, 11) is 0. The van der Waals surface area contributed by atoms with Crippen molar-refractivity contribution in [3.8, 4) is 5.75 Å². The lowest BCUT2D eigenvalue weighted by Crippen LogP contribution is -2.53. The Bertz CT molecular complexity index is 2630. The summed E-state index contributed by atoms with van der Waals surface area (Å²) in [5, 5.41) is 15.6. The predicted molar refractivity (Wildman–Crippen MR) is 219 cm³/mol. The molecule has 3 N–H and O–H groups in total. The molecule has 0 radical (unpaired) electrons.